The molecule has 6 heteroatoms. The zero-order valence-electron chi connectivity index (χ0n) is 6.98. The van der Waals surface area contributed by atoms with Crippen LogP contribution in [0.15, 0.2) is 18.2 Å². The number of benzene rings is 1. The Morgan fingerprint density at radius 3 is 1.93 bits per heavy atom. The molecule has 0 saturated heterocycles. The molecule has 1 nitrogen and oxygen atoms in total. The van der Waals surface area contributed by atoms with E-state index < -0.39 is 29.8 Å². The molecule has 1 atom stereocenters. The molecule has 0 aliphatic rings. The Labute approximate surface area is 77.1 Å². The average molecular weight is 213 g/mol. The van der Waals surface area contributed by atoms with Gasteiger partial charge in [0.2, 0.25) is 0 Å². The monoisotopic (exact) mass is 213 g/mol. The fraction of sp³-hybridized carbons (Fsp3) is 0.250. The maximum absolute atomic E-state index is 12.5. The number of alkyl halides is 3. The predicted octanol–water partition coefficient (Wildman–Crippen LogP) is 3.40. The lowest BCUT2D eigenvalue weighted by Gasteiger charge is -2.06. The van der Waals surface area contributed by atoms with E-state index in [1.807, 2.05) is 0 Å². The van der Waals surface area contributed by atoms with Gasteiger partial charge >= 0.3 is 0 Å². The minimum absolute atomic E-state index is 0. The van der Waals surface area contributed by atoms with Gasteiger partial charge in [-0.2, -0.15) is 0 Å². The summed E-state index contributed by atoms with van der Waals surface area (Å²) in [5.74, 6) is -2.52. The second-order valence-electron chi connectivity index (χ2n) is 2.41. The predicted molar refractivity (Wildman–Crippen MR) is 41.2 cm³/mol. The quantitative estimate of drug-likeness (QED) is 0.750. The molecule has 1 aromatic carbocycles. The molecule has 0 aliphatic carbocycles. The van der Waals surface area contributed by atoms with Crippen molar-refractivity contribution in [2.24, 2.45) is 0 Å². The summed E-state index contributed by atoms with van der Waals surface area (Å²) in [4.78, 5) is 0. The summed E-state index contributed by atoms with van der Waals surface area (Å²) in [5, 5.41) is 0. The van der Waals surface area contributed by atoms with E-state index in [2.05, 4.69) is 0 Å². The van der Waals surface area contributed by atoms with Crippen LogP contribution in [0.3, 0.4) is 0 Å². The highest BCUT2D eigenvalue weighted by atomic mass is 19.3. The molecular formula is C8H8F5N. The van der Waals surface area contributed by atoms with Gasteiger partial charge in [-0.1, -0.05) is 6.07 Å². The van der Waals surface area contributed by atoms with Crippen molar-refractivity contribution in [2.75, 3.05) is 0 Å². The minimum atomic E-state index is -3.23. The second kappa shape index (κ2) is 4.90. The maximum atomic E-state index is 12.5. The first kappa shape index (κ1) is 12.8. The van der Waals surface area contributed by atoms with Gasteiger partial charge in [0.25, 0.3) is 6.43 Å². The molecule has 0 saturated carbocycles. The zero-order valence-corrected chi connectivity index (χ0v) is 6.98. The van der Waals surface area contributed by atoms with Gasteiger partial charge in [-0.05, 0) is 17.7 Å². The SMILES string of the molecule is Fc1ccc(C(F)C(F)F)cc1F.N. The van der Waals surface area contributed by atoms with Gasteiger partial charge in [0.15, 0.2) is 17.8 Å². The van der Waals surface area contributed by atoms with Crippen LogP contribution in [0.5, 0.6) is 0 Å². The van der Waals surface area contributed by atoms with Crippen LogP contribution in [0.25, 0.3) is 0 Å². The third-order valence-electron chi connectivity index (χ3n) is 1.48. The Morgan fingerprint density at radius 2 is 1.50 bits per heavy atom. The molecule has 0 fully saturated rings. The summed E-state index contributed by atoms with van der Waals surface area (Å²) in [7, 11) is 0. The first-order valence-electron chi connectivity index (χ1n) is 3.39. The van der Waals surface area contributed by atoms with E-state index >= 15 is 0 Å². The van der Waals surface area contributed by atoms with Gasteiger partial charge < -0.3 is 6.15 Å². The van der Waals surface area contributed by atoms with E-state index in [9.17, 15) is 22.0 Å². The second-order valence-corrected chi connectivity index (χ2v) is 2.41. The highest BCUT2D eigenvalue weighted by Gasteiger charge is 2.22. The Kier molecular flexibility index (Phi) is 4.49. The summed E-state index contributed by atoms with van der Waals surface area (Å²) in [6.45, 7) is 0. The van der Waals surface area contributed by atoms with E-state index in [0.717, 1.165) is 6.07 Å². The van der Waals surface area contributed by atoms with E-state index in [-0.39, 0.29) is 6.15 Å². The highest BCUT2D eigenvalue weighted by Crippen LogP contribution is 2.25. The van der Waals surface area contributed by atoms with Gasteiger partial charge in [-0.25, -0.2) is 22.0 Å². The molecule has 1 rings (SSSR count). The van der Waals surface area contributed by atoms with E-state index in [0.29, 0.717) is 12.1 Å². The maximum Gasteiger partial charge on any atom is 0.273 e. The summed E-state index contributed by atoms with van der Waals surface area (Å²) in [6, 6.07) is 1.82. The summed E-state index contributed by atoms with van der Waals surface area (Å²) >= 11 is 0. The van der Waals surface area contributed by atoms with Crippen LogP contribution in [0.2, 0.25) is 0 Å². The van der Waals surface area contributed by atoms with Crippen molar-refractivity contribution in [2.45, 2.75) is 12.6 Å². The lowest BCUT2D eigenvalue weighted by Crippen LogP contribution is -2.03. The molecule has 14 heavy (non-hydrogen) atoms. The lowest BCUT2D eigenvalue weighted by atomic mass is 10.1. The van der Waals surface area contributed by atoms with Gasteiger partial charge in [-0.15, -0.1) is 0 Å². The average Bonchev–Trinajstić information content (AvgIpc) is 2.08. The van der Waals surface area contributed by atoms with Gasteiger partial charge in [0.05, 0.1) is 0 Å². The van der Waals surface area contributed by atoms with Crippen LogP contribution < -0.4 is 6.15 Å². The molecule has 1 unspecified atom stereocenters. The number of halogens is 5. The van der Waals surface area contributed by atoms with Gasteiger partial charge in [0.1, 0.15) is 0 Å². The van der Waals surface area contributed by atoms with Crippen LogP contribution in [0.1, 0.15) is 11.7 Å². The topological polar surface area (TPSA) is 35.0 Å². The minimum Gasteiger partial charge on any atom is -0.344 e. The Balaban J connectivity index is 0.00000169. The third-order valence-corrected chi connectivity index (χ3v) is 1.48. The van der Waals surface area contributed by atoms with E-state index in [4.69, 9.17) is 0 Å². The van der Waals surface area contributed by atoms with Crippen LogP contribution in [-0.4, -0.2) is 6.43 Å². The van der Waals surface area contributed by atoms with Crippen molar-refractivity contribution in [3.63, 3.8) is 0 Å². The Hall–Kier alpha value is -1.17. The molecular weight excluding hydrogens is 205 g/mol. The van der Waals surface area contributed by atoms with Gasteiger partial charge in [-0.3, -0.25) is 0 Å². The number of hydrogen-bond acceptors (Lipinski definition) is 1. The van der Waals surface area contributed by atoms with Crippen molar-refractivity contribution < 1.29 is 22.0 Å². The molecule has 1 aromatic rings. The lowest BCUT2D eigenvalue weighted by molar-refractivity contribution is 0.0493. The van der Waals surface area contributed by atoms with E-state index in [1.54, 1.807) is 0 Å². The van der Waals surface area contributed by atoms with Crippen LogP contribution in [0, 0.1) is 11.6 Å². The van der Waals surface area contributed by atoms with Crippen LogP contribution in [-0.2, 0) is 0 Å². The normalized spacial score (nSPS) is 12.4. The van der Waals surface area contributed by atoms with Crippen molar-refractivity contribution in [3.8, 4) is 0 Å². The molecule has 0 bridgehead atoms. The van der Waals surface area contributed by atoms with Crippen molar-refractivity contribution in [1.82, 2.24) is 6.15 Å². The third kappa shape index (κ3) is 2.66. The Morgan fingerprint density at radius 1 is 0.929 bits per heavy atom. The van der Waals surface area contributed by atoms with Crippen molar-refractivity contribution in [3.05, 3.63) is 35.4 Å². The first-order chi connectivity index (χ1) is 6.02. The van der Waals surface area contributed by atoms with E-state index in [1.165, 1.54) is 0 Å². The molecule has 80 valence electrons. The standard InChI is InChI=1S/C8H5F5.H3N/c9-5-2-1-4(3-6(5)10)7(11)8(12)13;/h1-3,7-8H;1H3. The molecule has 0 amide bonds. The molecule has 0 aliphatic heterocycles. The fourth-order valence-corrected chi connectivity index (χ4v) is 0.829. The number of rotatable bonds is 2. The molecule has 0 spiro atoms. The van der Waals surface area contributed by atoms with Crippen LogP contribution >= 0.6 is 0 Å². The molecule has 0 aromatic heterocycles. The van der Waals surface area contributed by atoms with Crippen molar-refractivity contribution >= 4 is 0 Å². The van der Waals surface area contributed by atoms with Crippen molar-refractivity contribution in [1.29, 1.82) is 0 Å². The van der Waals surface area contributed by atoms with Crippen LogP contribution in [0.4, 0.5) is 22.0 Å². The number of hydrogen-bond donors (Lipinski definition) is 1. The summed E-state index contributed by atoms with van der Waals surface area (Å²) in [6.07, 6.45) is -5.81. The molecule has 0 radical (unpaired) electrons. The summed E-state index contributed by atoms with van der Waals surface area (Å²) in [5.41, 5.74) is -0.561. The largest absolute Gasteiger partial charge is 0.344 e. The fourth-order valence-electron chi connectivity index (χ4n) is 0.829. The zero-order chi connectivity index (χ0) is 10.0. The Bertz CT molecular complexity index is 302. The van der Waals surface area contributed by atoms with Gasteiger partial charge in [0, 0.05) is 0 Å². The summed E-state index contributed by atoms with van der Waals surface area (Å²) < 4.78 is 60.7. The smallest absolute Gasteiger partial charge is 0.273 e. The highest BCUT2D eigenvalue weighted by molar-refractivity contribution is 5.20. The first-order valence-corrected chi connectivity index (χ1v) is 3.39. The molecule has 3 N–H and O–H groups in total. The molecule has 0 heterocycles.